The lowest BCUT2D eigenvalue weighted by atomic mass is 9.49. The number of halogens is 6. The summed E-state index contributed by atoms with van der Waals surface area (Å²) in [7, 11) is 0. The van der Waals surface area contributed by atoms with Gasteiger partial charge in [0.15, 0.2) is 11.6 Å². The van der Waals surface area contributed by atoms with E-state index in [4.69, 9.17) is 23.2 Å². The van der Waals surface area contributed by atoms with Crippen molar-refractivity contribution < 1.29 is 42.3 Å². The summed E-state index contributed by atoms with van der Waals surface area (Å²) in [6, 6.07) is 26.4. The van der Waals surface area contributed by atoms with E-state index in [1.807, 2.05) is 6.08 Å². The maximum Gasteiger partial charge on any atom is 0.417 e. The number of fused-ring (bicyclic) bond motifs is 4. The monoisotopic (exact) mass is 928 g/mol. The third-order valence-corrected chi connectivity index (χ3v) is 13.3. The van der Waals surface area contributed by atoms with Crippen LogP contribution in [0.4, 0.5) is 24.7 Å². The molecule has 3 heterocycles. The van der Waals surface area contributed by atoms with Crippen LogP contribution in [0.3, 0.4) is 0 Å². The van der Waals surface area contributed by atoms with Crippen LogP contribution >= 0.6 is 39.1 Å². The number of phenolic OH excluding ortho intramolecular Hbond substituents is 1. The summed E-state index contributed by atoms with van der Waals surface area (Å²) in [5, 5.41) is 12.1. The van der Waals surface area contributed by atoms with Gasteiger partial charge in [-0.05, 0) is 85.0 Å². The van der Waals surface area contributed by atoms with Gasteiger partial charge < -0.3 is 5.11 Å². The van der Waals surface area contributed by atoms with Crippen LogP contribution in [-0.2, 0) is 30.8 Å². The average Bonchev–Trinajstić information content (AvgIpc) is 3.62. The van der Waals surface area contributed by atoms with Gasteiger partial charge in [-0.2, -0.15) is 18.2 Å². The van der Waals surface area contributed by atoms with Crippen LogP contribution in [0.15, 0.2) is 125 Å². The number of ketones is 1. The lowest BCUT2D eigenvalue weighted by molar-refractivity contribution is -0.139. The minimum absolute atomic E-state index is 0.0873. The Kier molecular flexibility index (Phi) is 9.95. The predicted molar refractivity (Wildman–Crippen MR) is 221 cm³/mol. The average molecular weight is 931 g/mol. The molecule has 16 heteroatoms. The van der Waals surface area contributed by atoms with E-state index in [1.54, 1.807) is 78.9 Å². The number of carbonyl (C=O) groups excluding carboxylic acids is 5. The highest BCUT2D eigenvalue weighted by atomic mass is 79.9. The molecule has 6 atom stereocenters. The fourth-order valence-corrected chi connectivity index (χ4v) is 10.4. The summed E-state index contributed by atoms with van der Waals surface area (Å²) >= 11 is 16.1. The molecule has 4 aliphatic rings. The summed E-state index contributed by atoms with van der Waals surface area (Å²) in [6.07, 6.45) is -2.48. The number of rotatable bonds is 7. The normalized spacial score (nSPS) is 24.6. The molecule has 10 nitrogen and oxygen atoms in total. The largest absolute Gasteiger partial charge is 0.508 e. The number of allylic oxidation sites excluding steroid dienone is 2. The highest BCUT2D eigenvalue weighted by molar-refractivity contribution is 9.10. The van der Waals surface area contributed by atoms with Crippen LogP contribution in [0, 0.1) is 23.7 Å². The number of hydrogen-bond donors (Lipinski definition) is 2. The zero-order valence-corrected chi connectivity index (χ0v) is 34.5. The first-order valence-electron chi connectivity index (χ1n) is 19.0. The van der Waals surface area contributed by atoms with E-state index in [9.17, 15) is 37.5 Å². The second-order valence-electron chi connectivity index (χ2n) is 15.4. The first-order valence-corrected chi connectivity index (χ1v) is 20.6. The Morgan fingerprint density at radius 1 is 0.852 bits per heavy atom. The highest BCUT2D eigenvalue weighted by Gasteiger charge is 2.70. The van der Waals surface area contributed by atoms with Gasteiger partial charge in [-0.1, -0.05) is 93.2 Å². The molecule has 61 heavy (non-hydrogen) atoms. The number of hydrogen-bond acceptors (Lipinski definition) is 8. The number of pyridine rings is 1. The van der Waals surface area contributed by atoms with Crippen molar-refractivity contribution in [3.63, 3.8) is 0 Å². The van der Waals surface area contributed by atoms with Gasteiger partial charge in [0.05, 0.1) is 39.4 Å². The first kappa shape index (κ1) is 40.6. The Hall–Kier alpha value is -5.83. The number of carbonyl (C=O) groups is 5. The molecule has 4 aromatic carbocycles. The molecule has 2 aliphatic heterocycles. The summed E-state index contributed by atoms with van der Waals surface area (Å²) in [5.74, 6) is -8.53. The summed E-state index contributed by atoms with van der Waals surface area (Å²) in [4.78, 5) is 77.4. The molecule has 2 aliphatic carbocycles. The molecule has 2 N–H and O–H groups in total. The quantitative estimate of drug-likeness (QED) is 0.0937. The second kappa shape index (κ2) is 15.0. The smallest absolute Gasteiger partial charge is 0.417 e. The molecule has 9 rings (SSSR count). The Morgan fingerprint density at radius 2 is 1.54 bits per heavy atom. The number of hydrazine groups is 1. The van der Waals surface area contributed by atoms with Crippen molar-refractivity contribution in [1.29, 1.82) is 0 Å². The second-order valence-corrected chi connectivity index (χ2v) is 17.1. The third kappa shape index (κ3) is 6.45. The zero-order valence-electron chi connectivity index (χ0n) is 31.4. The Labute approximate surface area is 364 Å². The molecule has 308 valence electrons. The van der Waals surface area contributed by atoms with E-state index in [0.717, 1.165) is 4.90 Å². The van der Waals surface area contributed by atoms with Crippen LogP contribution in [0.25, 0.3) is 0 Å². The predicted octanol–water partition coefficient (Wildman–Crippen LogP) is 9.30. The summed E-state index contributed by atoms with van der Waals surface area (Å²) in [5.41, 5.74) is 1.81. The lowest BCUT2D eigenvalue weighted by Gasteiger charge is -2.50. The minimum Gasteiger partial charge on any atom is -0.508 e. The molecule has 2 saturated heterocycles. The maximum atomic E-state index is 15.4. The van der Waals surface area contributed by atoms with Gasteiger partial charge >= 0.3 is 6.18 Å². The standard InChI is InChI=1S/C45H30BrCl2F3N4O6/c46-26-10-17-35(56)32(19-26)37-29-15-16-30-36(42(60)54(40(30)58)28-13-6-23(7-14-28)38(57)22-4-2-1-3-5-22)31(29)20-33-41(59)55(43(61)44(33,37)24-8-11-27(47)12-9-24)53-39-34(48)18-25(21-52-39)45(49,50)51/h1-15,17-19,21,30-31,33,36-37,56H,16,20H2,(H,52,53). The number of nitrogens with one attached hydrogen (secondary N) is 1. The number of amides is 4. The number of benzene rings is 4. The van der Waals surface area contributed by atoms with Crippen LogP contribution in [0.5, 0.6) is 5.75 Å². The van der Waals surface area contributed by atoms with Gasteiger partial charge in [-0.25, -0.2) is 4.98 Å². The number of aromatic hydroxyl groups is 1. The van der Waals surface area contributed by atoms with Crippen molar-refractivity contribution in [1.82, 2.24) is 9.99 Å². The number of aromatic nitrogens is 1. The fraction of sp³-hybridized carbons (Fsp3) is 0.200. The molecular formula is C45H30BrCl2F3N4O6. The van der Waals surface area contributed by atoms with Gasteiger partial charge in [-0.15, -0.1) is 0 Å². The van der Waals surface area contributed by atoms with Crippen molar-refractivity contribution >= 4 is 80.0 Å². The molecule has 0 spiro atoms. The lowest BCUT2D eigenvalue weighted by Crippen LogP contribution is -2.53. The Morgan fingerprint density at radius 3 is 2.21 bits per heavy atom. The van der Waals surface area contributed by atoms with Gasteiger partial charge in [0.1, 0.15) is 5.75 Å². The molecule has 1 saturated carbocycles. The van der Waals surface area contributed by atoms with Crippen molar-refractivity contribution in [2.45, 2.75) is 30.4 Å². The maximum absolute atomic E-state index is 15.4. The van der Waals surface area contributed by atoms with Crippen molar-refractivity contribution in [2.75, 3.05) is 10.3 Å². The first-order chi connectivity index (χ1) is 29.1. The van der Waals surface area contributed by atoms with E-state index in [1.165, 1.54) is 18.2 Å². The van der Waals surface area contributed by atoms with E-state index in [-0.39, 0.29) is 35.6 Å². The summed E-state index contributed by atoms with van der Waals surface area (Å²) < 4.78 is 41.1. The van der Waals surface area contributed by atoms with Crippen molar-refractivity contribution in [2.24, 2.45) is 23.7 Å². The molecule has 4 amide bonds. The van der Waals surface area contributed by atoms with E-state index in [0.29, 0.717) is 49.0 Å². The SMILES string of the molecule is O=C(c1ccccc1)c1ccc(N2C(=O)C3CC=C4C(CC5C(=O)N(Nc6ncc(C(F)(F)F)cc6Cl)C(=O)C5(c5ccc(Cl)cc5)C4c4cc(Br)ccc4O)C3C2=O)cc1. The number of phenols is 1. The van der Waals surface area contributed by atoms with Gasteiger partial charge in [0, 0.05) is 38.3 Å². The Bertz CT molecular complexity index is 2720. The number of anilines is 2. The molecular weight excluding hydrogens is 900 g/mol. The van der Waals surface area contributed by atoms with Gasteiger partial charge in [-0.3, -0.25) is 34.3 Å². The van der Waals surface area contributed by atoms with E-state index in [2.05, 4.69) is 26.3 Å². The minimum atomic E-state index is -4.78. The molecule has 3 fully saturated rings. The van der Waals surface area contributed by atoms with Gasteiger partial charge in [0.25, 0.3) is 11.8 Å². The molecule has 0 radical (unpaired) electrons. The Balaban J connectivity index is 1.16. The van der Waals surface area contributed by atoms with Crippen molar-refractivity contribution in [3.8, 4) is 5.75 Å². The summed E-state index contributed by atoms with van der Waals surface area (Å²) in [6.45, 7) is 0. The molecule has 0 bridgehead atoms. The van der Waals surface area contributed by atoms with Crippen LogP contribution < -0.4 is 10.3 Å². The van der Waals surface area contributed by atoms with E-state index >= 15 is 4.79 Å². The third-order valence-electron chi connectivity index (χ3n) is 12.3. The molecule has 5 aromatic rings. The number of nitrogens with zero attached hydrogens (tertiary/aromatic N) is 3. The van der Waals surface area contributed by atoms with Crippen LogP contribution in [0.2, 0.25) is 10.0 Å². The zero-order chi connectivity index (χ0) is 43.1. The fourth-order valence-electron chi connectivity index (χ4n) is 9.66. The van der Waals surface area contributed by atoms with E-state index < -0.39 is 81.2 Å². The topological polar surface area (TPSA) is 137 Å². The van der Waals surface area contributed by atoms with Crippen LogP contribution in [-0.4, -0.2) is 44.5 Å². The van der Waals surface area contributed by atoms with Crippen molar-refractivity contribution in [3.05, 3.63) is 163 Å². The molecule has 1 aromatic heterocycles. The van der Waals surface area contributed by atoms with Gasteiger partial charge in [0.2, 0.25) is 11.8 Å². The number of alkyl halides is 3. The number of imide groups is 2. The van der Waals surface area contributed by atoms with Crippen LogP contribution in [0.1, 0.15) is 51.4 Å². The highest BCUT2D eigenvalue weighted by Crippen LogP contribution is 2.65. The molecule has 6 unspecified atom stereocenters.